The summed E-state index contributed by atoms with van der Waals surface area (Å²) in [7, 11) is 1.94. The second kappa shape index (κ2) is 6.79. The Morgan fingerprint density at radius 3 is 2.96 bits per heavy atom. The molecule has 2 fully saturated rings. The minimum absolute atomic E-state index is 0.0163. The van der Waals surface area contributed by atoms with E-state index in [1.165, 1.54) is 12.8 Å². The van der Waals surface area contributed by atoms with Gasteiger partial charge in [-0.15, -0.1) is 0 Å². The van der Waals surface area contributed by atoms with Crippen LogP contribution in [-0.4, -0.2) is 44.5 Å². The zero-order chi connectivity index (χ0) is 18.1. The lowest BCUT2D eigenvalue weighted by molar-refractivity contribution is -0.130. The molecule has 0 aromatic carbocycles. The largest absolute Gasteiger partial charge is 0.379 e. The van der Waals surface area contributed by atoms with Gasteiger partial charge >= 0.3 is 0 Å². The number of imidazole rings is 1. The third-order valence-electron chi connectivity index (χ3n) is 5.22. The van der Waals surface area contributed by atoms with Crippen molar-refractivity contribution in [1.82, 2.24) is 19.4 Å². The van der Waals surface area contributed by atoms with Crippen LogP contribution < -0.4 is 5.32 Å². The molecule has 134 valence electrons. The minimum Gasteiger partial charge on any atom is -0.379 e. The van der Waals surface area contributed by atoms with E-state index in [0.717, 1.165) is 11.4 Å². The van der Waals surface area contributed by atoms with Gasteiger partial charge < -0.3 is 14.8 Å². The van der Waals surface area contributed by atoms with Gasteiger partial charge in [-0.25, -0.2) is 4.98 Å². The number of amides is 1. The van der Waals surface area contributed by atoms with Gasteiger partial charge in [0.05, 0.1) is 29.3 Å². The molecule has 1 N–H and O–H groups in total. The Morgan fingerprint density at radius 1 is 1.42 bits per heavy atom. The molecular weight excluding hydrogens is 328 g/mol. The van der Waals surface area contributed by atoms with Gasteiger partial charge in [-0.3, -0.25) is 9.78 Å². The molecule has 0 unspecified atom stereocenters. The highest BCUT2D eigenvalue weighted by Gasteiger charge is 2.39. The summed E-state index contributed by atoms with van der Waals surface area (Å²) in [5, 5.41) is 12.8. The highest BCUT2D eigenvalue weighted by atomic mass is 16.2. The molecule has 0 spiro atoms. The van der Waals surface area contributed by atoms with Crippen molar-refractivity contribution in [3.8, 4) is 6.07 Å². The van der Waals surface area contributed by atoms with Crippen molar-refractivity contribution >= 4 is 11.6 Å². The lowest BCUT2D eigenvalue weighted by atomic mass is 10.00. The molecule has 2 aromatic heterocycles. The van der Waals surface area contributed by atoms with E-state index in [2.05, 4.69) is 21.4 Å². The maximum absolute atomic E-state index is 12.6. The zero-order valence-corrected chi connectivity index (χ0v) is 14.8. The van der Waals surface area contributed by atoms with Crippen molar-refractivity contribution in [2.24, 2.45) is 13.0 Å². The lowest BCUT2D eigenvalue weighted by Gasteiger charge is -2.20. The van der Waals surface area contributed by atoms with Crippen LogP contribution in [-0.2, 0) is 11.8 Å². The molecule has 4 rings (SSSR count). The highest BCUT2D eigenvalue weighted by molar-refractivity contribution is 5.77. The molecule has 1 amide bonds. The summed E-state index contributed by atoms with van der Waals surface area (Å²) in [5.74, 6) is 0.903. The van der Waals surface area contributed by atoms with Crippen LogP contribution in [0.3, 0.4) is 0 Å². The monoisotopic (exact) mass is 350 g/mol. The normalized spacial score (nSPS) is 22.2. The average Bonchev–Trinajstić information content (AvgIpc) is 3.19. The first-order valence-electron chi connectivity index (χ1n) is 9.00. The molecule has 0 radical (unpaired) electrons. The van der Waals surface area contributed by atoms with Gasteiger partial charge in [0.25, 0.3) is 0 Å². The Hall–Kier alpha value is -2.88. The number of anilines is 1. The van der Waals surface area contributed by atoms with E-state index in [0.29, 0.717) is 31.0 Å². The Kier molecular flexibility index (Phi) is 4.33. The summed E-state index contributed by atoms with van der Waals surface area (Å²) >= 11 is 0. The van der Waals surface area contributed by atoms with E-state index in [1.807, 2.05) is 28.8 Å². The number of carbonyl (C=O) groups is 1. The van der Waals surface area contributed by atoms with Gasteiger partial charge in [-0.05, 0) is 24.8 Å². The molecule has 7 nitrogen and oxygen atoms in total. The number of likely N-dealkylation sites (tertiary alicyclic amines) is 1. The second-order valence-corrected chi connectivity index (χ2v) is 7.30. The van der Waals surface area contributed by atoms with E-state index >= 15 is 0 Å². The fourth-order valence-electron chi connectivity index (χ4n) is 3.59. The summed E-state index contributed by atoms with van der Waals surface area (Å²) in [6.45, 7) is 1.28. The van der Waals surface area contributed by atoms with Crippen LogP contribution in [0.5, 0.6) is 0 Å². The Bertz CT molecular complexity index is 850. The van der Waals surface area contributed by atoms with Gasteiger partial charge in [0, 0.05) is 51.1 Å². The van der Waals surface area contributed by atoms with Crippen LogP contribution in [0.2, 0.25) is 0 Å². The molecule has 1 saturated carbocycles. The Labute approximate surface area is 152 Å². The van der Waals surface area contributed by atoms with Crippen LogP contribution >= 0.6 is 0 Å². The quantitative estimate of drug-likeness (QED) is 0.890. The van der Waals surface area contributed by atoms with Crippen molar-refractivity contribution in [1.29, 1.82) is 5.26 Å². The van der Waals surface area contributed by atoms with E-state index in [9.17, 15) is 10.1 Å². The summed E-state index contributed by atoms with van der Waals surface area (Å²) in [5.41, 5.74) is 2.24. The fraction of sp³-hybridized carbons (Fsp3) is 0.474. The number of rotatable bonds is 5. The first-order chi connectivity index (χ1) is 12.6. The van der Waals surface area contributed by atoms with Crippen molar-refractivity contribution < 1.29 is 4.79 Å². The maximum atomic E-state index is 12.6. The number of hydrogen-bond acceptors (Lipinski definition) is 5. The Balaban J connectivity index is 1.56. The zero-order valence-electron chi connectivity index (χ0n) is 14.8. The van der Waals surface area contributed by atoms with E-state index in [1.54, 1.807) is 18.7 Å². The van der Waals surface area contributed by atoms with Gasteiger partial charge in [0.2, 0.25) is 5.91 Å². The highest BCUT2D eigenvalue weighted by Crippen LogP contribution is 2.35. The summed E-state index contributed by atoms with van der Waals surface area (Å²) in [6, 6.07) is 4.00. The third kappa shape index (κ3) is 3.40. The number of nitrogens with one attached hydrogen (secondary N) is 1. The van der Waals surface area contributed by atoms with Gasteiger partial charge in [-0.1, -0.05) is 0 Å². The maximum Gasteiger partial charge on any atom is 0.222 e. The number of pyridine rings is 1. The molecule has 1 saturated heterocycles. The SMILES string of the molecule is Cn1cnc([C@@H]2CN(C(=O)CC3CC3)C[C@H]2Nc2ccncc2C#N)c1. The van der Waals surface area contributed by atoms with Crippen LogP contribution in [0.15, 0.2) is 31.0 Å². The number of nitriles is 1. The standard InChI is InChI=1S/C19H22N6O/c1-24-10-17(22-12-24)15-9-25(19(26)6-13-2-3-13)11-18(15)23-16-4-5-21-8-14(16)7-20/h4-5,8,10,12-13,15,18H,2-3,6,9,11H2,1H3,(H,21,23)/t15-,18+/m0/s1. The molecule has 26 heavy (non-hydrogen) atoms. The van der Waals surface area contributed by atoms with Gasteiger partial charge in [0.1, 0.15) is 6.07 Å². The topological polar surface area (TPSA) is 86.8 Å². The van der Waals surface area contributed by atoms with Gasteiger partial charge in [0.15, 0.2) is 0 Å². The number of hydrogen-bond donors (Lipinski definition) is 1. The molecular formula is C19H22N6O. The molecule has 2 aromatic rings. The molecule has 1 aliphatic heterocycles. The predicted octanol–water partition coefficient (Wildman–Crippen LogP) is 1.89. The molecule has 2 atom stereocenters. The fourth-order valence-corrected chi connectivity index (χ4v) is 3.59. The molecule has 0 bridgehead atoms. The average molecular weight is 350 g/mol. The number of aryl methyl sites for hydroxylation is 1. The summed E-state index contributed by atoms with van der Waals surface area (Å²) in [4.78, 5) is 23.1. The predicted molar refractivity (Wildman–Crippen MR) is 96.2 cm³/mol. The lowest BCUT2D eigenvalue weighted by Crippen LogP contribution is -2.32. The van der Waals surface area contributed by atoms with Crippen LogP contribution in [0.4, 0.5) is 5.69 Å². The van der Waals surface area contributed by atoms with Crippen molar-refractivity contribution in [3.05, 3.63) is 42.2 Å². The first-order valence-corrected chi connectivity index (χ1v) is 9.00. The van der Waals surface area contributed by atoms with E-state index < -0.39 is 0 Å². The Morgan fingerprint density at radius 2 is 2.27 bits per heavy atom. The molecule has 7 heteroatoms. The molecule has 2 aliphatic rings. The van der Waals surface area contributed by atoms with Crippen LogP contribution in [0.1, 0.15) is 36.4 Å². The molecule has 3 heterocycles. The number of carbonyl (C=O) groups excluding carboxylic acids is 1. The smallest absolute Gasteiger partial charge is 0.222 e. The van der Waals surface area contributed by atoms with Crippen molar-refractivity contribution in [2.75, 3.05) is 18.4 Å². The van der Waals surface area contributed by atoms with Crippen LogP contribution in [0.25, 0.3) is 0 Å². The minimum atomic E-state index is 0.0163. The number of aromatic nitrogens is 3. The van der Waals surface area contributed by atoms with Gasteiger partial charge in [-0.2, -0.15) is 5.26 Å². The van der Waals surface area contributed by atoms with E-state index in [4.69, 9.17) is 0 Å². The molecule has 1 aliphatic carbocycles. The first kappa shape index (κ1) is 16.6. The second-order valence-electron chi connectivity index (χ2n) is 7.30. The number of nitrogens with zero attached hydrogens (tertiary/aromatic N) is 5. The van der Waals surface area contributed by atoms with Crippen molar-refractivity contribution in [2.45, 2.75) is 31.2 Å². The summed E-state index contributed by atoms with van der Waals surface area (Å²) in [6.07, 6.45) is 10.0. The summed E-state index contributed by atoms with van der Waals surface area (Å²) < 4.78 is 1.92. The van der Waals surface area contributed by atoms with Crippen molar-refractivity contribution in [3.63, 3.8) is 0 Å². The third-order valence-corrected chi connectivity index (χ3v) is 5.22. The van der Waals surface area contributed by atoms with E-state index in [-0.39, 0.29) is 17.9 Å². The van der Waals surface area contributed by atoms with Crippen LogP contribution in [0, 0.1) is 17.2 Å².